The molecule has 2 aromatic carbocycles. The molecule has 0 atom stereocenters. The van der Waals surface area contributed by atoms with Crippen molar-refractivity contribution in [2.45, 2.75) is 20.0 Å². The van der Waals surface area contributed by atoms with E-state index in [1.807, 2.05) is 31.2 Å². The highest BCUT2D eigenvalue weighted by Gasteiger charge is 2.08. The monoisotopic (exact) mass is 289 g/mol. The van der Waals surface area contributed by atoms with E-state index >= 15 is 0 Å². The third-order valence-electron chi connectivity index (χ3n) is 2.99. The number of hydrogen-bond donors (Lipinski definition) is 1. The molecule has 0 saturated carbocycles. The molecular weight excluding hydrogens is 274 g/mol. The van der Waals surface area contributed by atoms with Crippen LogP contribution in [0, 0.1) is 0 Å². The lowest BCUT2D eigenvalue weighted by molar-refractivity contribution is 0.0988. The zero-order valence-corrected chi connectivity index (χ0v) is 12.0. The van der Waals surface area contributed by atoms with E-state index in [0.29, 0.717) is 35.1 Å². The number of anilines is 1. The van der Waals surface area contributed by atoms with Gasteiger partial charge in [-0.25, -0.2) is 0 Å². The van der Waals surface area contributed by atoms with Gasteiger partial charge < -0.3 is 10.5 Å². The van der Waals surface area contributed by atoms with Crippen molar-refractivity contribution in [1.82, 2.24) is 0 Å². The number of ether oxygens (including phenoxy) is 1. The van der Waals surface area contributed by atoms with Crippen molar-refractivity contribution in [3.8, 4) is 5.75 Å². The van der Waals surface area contributed by atoms with Crippen LogP contribution in [0.4, 0.5) is 5.69 Å². The Balaban J connectivity index is 2.11. The van der Waals surface area contributed by atoms with Crippen LogP contribution in [0.15, 0.2) is 42.5 Å². The normalized spacial score (nSPS) is 10.3. The number of benzene rings is 2. The highest BCUT2D eigenvalue weighted by Crippen LogP contribution is 2.25. The molecule has 104 valence electrons. The predicted octanol–water partition coefficient (Wildman–Crippen LogP) is 4.09. The van der Waals surface area contributed by atoms with Crippen molar-refractivity contribution in [2.75, 3.05) is 5.73 Å². The molecule has 0 radical (unpaired) electrons. The van der Waals surface area contributed by atoms with Crippen molar-refractivity contribution < 1.29 is 9.53 Å². The van der Waals surface area contributed by atoms with Gasteiger partial charge in [-0.3, -0.25) is 4.79 Å². The first-order valence-electron chi connectivity index (χ1n) is 6.40. The van der Waals surface area contributed by atoms with Gasteiger partial charge in [0.2, 0.25) is 0 Å². The average molecular weight is 290 g/mol. The molecule has 20 heavy (non-hydrogen) atoms. The Labute approximate surface area is 123 Å². The summed E-state index contributed by atoms with van der Waals surface area (Å²) in [6.45, 7) is 2.16. The number of ketones is 1. The lowest BCUT2D eigenvalue weighted by atomic mass is 10.1. The predicted molar refractivity (Wildman–Crippen MR) is 81.3 cm³/mol. The summed E-state index contributed by atoms with van der Waals surface area (Å²) in [6.07, 6.45) is 0.458. The molecular formula is C16H16ClNO2. The fourth-order valence-electron chi connectivity index (χ4n) is 1.83. The summed E-state index contributed by atoms with van der Waals surface area (Å²) in [5.41, 5.74) is 7.86. The first-order chi connectivity index (χ1) is 9.61. The molecule has 0 fully saturated rings. The molecule has 2 rings (SSSR count). The van der Waals surface area contributed by atoms with Crippen LogP contribution in [0.25, 0.3) is 0 Å². The van der Waals surface area contributed by atoms with Gasteiger partial charge in [0, 0.05) is 22.6 Å². The van der Waals surface area contributed by atoms with E-state index < -0.39 is 0 Å². The van der Waals surface area contributed by atoms with E-state index in [9.17, 15) is 4.79 Å². The maximum Gasteiger partial charge on any atom is 0.162 e. The summed E-state index contributed by atoms with van der Waals surface area (Å²) < 4.78 is 5.65. The number of hydrogen-bond acceptors (Lipinski definition) is 3. The molecule has 0 bridgehead atoms. The van der Waals surface area contributed by atoms with Gasteiger partial charge in [0.05, 0.1) is 5.69 Å². The number of nitrogen functional groups attached to an aromatic ring is 1. The van der Waals surface area contributed by atoms with Crippen molar-refractivity contribution in [1.29, 1.82) is 0 Å². The first-order valence-corrected chi connectivity index (χ1v) is 6.78. The number of halogens is 1. The van der Waals surface area contributed by atoms with Crippen LogP contribution in [0.3, 0.4) is 0 Å². The van der Waals surface area contributed by atoms with Crippen LogP contribution in [0.2, 0.25) is 5.02 Å². The SMILES string of the molecule is CCC(=O)c1ccc(OCc2ccccc2Cl)c(N)c1. The number of carbonyl (C=O) groups is 1. The Hall–Kier alpha value is -2.00. The topological polar surface area (TPSA) is 52.3 Å². The Kier molecular flexibility index (Phi) is 4.64. The summed E-state index contributed by atoms with van der Waals surface area (Å²) in [7, 11) is 0. The quantitative estimate of drug-likeness (QED) is 0.666. The molecule has 0 spiro atoms. The zero-order chi connectivity index (χ0) is 14.5. The number of carbonyl (C=O) groups excluding carboxylic acids is 1. The fourth-order valence-corrected chi connectivity index (χ4v) is 2.02. The maximum atomic E-state index is 11.6. The Morgan fingerprint density at radius 2 is 2.00 bits per heavy atom. The molecule has 0 aromatic heterocycles. The molecule has 0 amide bonds. The highest BCUT2D eigenvalue weighted by molar-refractivity contribution is 6.31. The van der Waals surface area contributed by atoms with Gasteiger partial charge >= 0.3 is 0 Å². The van der Waals surface area contributed by atoms with Crippen molar-refractivity contribution >= 4 is 23.1 Å². The van der Waals surface area contributed by atoms with Crippen molar-refractivity contribution in [3.63, 3.8) is 0 Å². The van der Waals surface area contributed by atoms with Gasteiger partial charge in [0.15, 0.2) is 5.78 Å². The molecule has 0 unspecified atom stereocenters. The number of nitrogens with two attached hydrogens (primary N) is 1. The number of rotatable bonds is 5. The van der Waals surface area contributed by atoms with Gasteiger partial charge in [-0.05, 0) is 24.3 Å². The van der Waals surface area contributed by atoms with E-state index in [0.717, 1.165) is 5.56 Å². The molecule has 0 saturated heterocycles. The number of Topliss-reactive ketones (excluding diaryl/α,β-unsaturated/α-hetero) is 1. The molecule has 2 N–H and O–H groups in total. The minimum absolute atomic E-state index is 0.0642. The summed E-state index contributed by atoms with van der Waals surface area (Å²) in [6, 6.07) is 12.6. The van der Waals surface area contributed by atoms with Crippen molar-refractivity contribution in [3.05, 3.63) is 58.6 Å². The van der Waals surface area contributed by atoms with E-state index in [1.54, 1.807) is 18.2 Å². The fraction of sp³-hybridized carbons (Fsp3) is 0.188. The Bertz CT molecular complexity index is 626. The molecule has 4 heteroatoms. The van der Waals surface area contributed by atoms with E-state index in [4.69, 9.17) is 22.1 Å². The molecule has 0 heterocycles. The molecule has 0 aliphatic carbocycles. The first kappa shape index (κ1) is 14.4. The molecule has 3 nitrogen and oxygen atoms in total. The second-order valence-corrected chi connectivity index (χ2v) is 4.82. The summed E-state index contributed by atoms with van der Waals surface area (Å²) in [4.78, 5) is 11.6. The van der Waals surface area contributed by atoms with Gasteiger partial charge in [-0.15, -0.1) is 0 Å². The minimum atomic E-state index is 0.0642. The Morgan fingerprint density at radius 1 is 1.25 bits per heavy atom. The van der Waals surface area contributed by atoms with Crippen LogP contribution >= 0.6 is 11.6 Å². The van der Waals surface area contributed by atoms with Gasteiger partial charge in [0.1, 0.15) is 12.4 Å². The summed E-state index contributed by atoms with van der Waals surface area (Å²) in [5.74, 6) is 0.618. The van der Waals surface area contributed by atoms with Crippen molar-refractivity contribution in [2.24, 2.45) is 0 Å². The van der Waals surface area contributed by atoms with E-state index in [2.05, 4.69) is 0 Å². The smallest absolute Gasteiger partial charge is 0.162 e. The molecule has 0 aliphatic heterocycles. The maximum absolute atomic E-state index is 11.6. The standard InChI is InChI=1S/C16H16ClNO2/c1-2-15(19)11-7-8-16(14(18)9-11)20-10-12-5-3-4-6-13(12)17/h3-9H,2,10,18H2,1H3. The molecule has 2 aromatic rings. The van der Waals surface area contributed by atoms with Crippen LogP contribution in [-0.4, -0.2) is 5.78 Å². The lowest BCUT2D eigenvalue weighted by Crippen LogP contribution is -2.02. The highest BCUT2D eigenvalue weighted by atomic mass is 35.5. The van der Waals surface area contributed by atoms with Gasteiger partial charge in [-0.2, -0.15) is 0 Å². The summed E-state index contributed by atoms with van der Waals surface area (Å²) in [5, 5.41) is 0.656. The lowest BCUT2D eigenvalue weighted by Gasteiger charge is -2.11. The summed E-state index contributed by atoms with van der Waals surface area (Å²) >= 11 is 6.06. The average Bonchev–Trinajstić information content (AvgIpc) is 2.46. The van der Waals surface area contributed by atoms with Crippen LogP contribution in [0.5, 0.6) is 5.75 Å². The van der Waals surface area contributed by atoms with Crippen LogP contribution < -0.4 is 10.5 Å². The minimum Gasteiger partial charge on any atom is -0.487 e. The van der Waals surface area contributed by atoms with E-state index in [1.165, 1.54) is 0 Å². The second-order valence-electron chi connectivity index (χ2n) is 4.41. The van der Waals surface area contributed by atoms with Crippen LogP contribution in [0.1, 0.15) is 29.3 Å². The molecule has 0 aliphatic rings. The van der Waals surface area contributed by atoms with Gasteiger partial charge in [-0.1, -0.05) is 36.7 Å². The van der Waals surface area contributed by atoms with E-state index in [-0.39, 0.29) is 5.78 Å². The Morgan fingerprint density at radius 3 is 2.65 bits per heavy atom. The third-order valence-corrected chi connectivity index (χ3v) is 3.36. The second kappa shape index (κ2) is 6.44. The third kappa shape index (κ3) is 3.31. The largest absolute Gasteiger partial charge is 0.487 e. The van der Waals surface area contributed by atoms with Crippen LogP contribution in [-0.2, 0) is 6.61 Å². The zero-order valence-electron chi connectivity index (χ0n) is 11.2. The van der Waals surface area contributed by atoms with Gasteiger partial charge in [0.25, 0.3) is 0 Å².